The molecular formula is C26H22F3N3O. The molecule has 1 fully saturated rings. The van der Waals surface area contributed by atoms with E-state index >= 15 is 0 Å². The van der Waals surface area contributed by atoms with Crippen molar-refractivity contribution < 1.29 is 13.2 Å². The highest BCUT2D eigenvalue weighted by Crippen LogP contribution is 2.27. The minimum Gasteiger partial charge on any atom is -0.310 e. The third-order valence-corrected chi connectivity index (χ3v) is 6.13. The Morgan fingerprint density at radius 1 is 0.909 bits per heavy atom. The number of hydrogen-bond donors (Lipinski definition) is 1. The molecule has 0 amide bonds. The second-order valence-corrected chi connectivity index (χ2v) is 8.54. The number of nitrogens with one attached hydrogen (secondary N) is 1. The van der Waals surface area contributed by atoms with E-state index in [0.29, 0.717) is 16.9 Å². The largest absolute Gasteiger partial charge is 0.310 e. The summed E-state index contributed by atoms with van der Waals surface area (Å²) < 4.78 is 40.5. The van der Waals surface area contributed by atoms with Crippen LogP contribution in [0.25, 0.3) is 22.0 Å². The fourth-order valence-electron chi connectivity index (χ4n) is 4.53. The number of rotatable bonds is 4. The standard InChI is InChI=1S/C26H22F3N3O/c27-20-7-8-24-23(13-20)26(33)31-25(30-24)18-2-1-9-32(15-18)14-16-3-5-17(6-4-16)19-10-21(28)12-22(29)11-19/h3-8,10-13,18H,1-2,9,14-15H2,(H,30,31,33). The molecule has 0 spiro atoms. The van der Waals surface area contributed by atoms with E-state index in [1.54, 1.807) is 0 Å². The number of nitrogens with zero attached hydrogens (tertiary/aromatic N) is 2. The van der Waals surface area contributed by atoms with Gasteiger partial charge in [0, 0.05) is 25.1 Å². The number of H-pyrrole nitrogens is 1. The zero-order valence-electron chi connectivity index (χ0n) is 17.8. The van der Waals surface area contributed by atoms with Crippen LogP contribution in [-0.4, -0.2) is 28.0 Å². The van der Waals surface area contributed by atoms with Crippen LogP contribution in [0.2, 0.25) is 0 Å². The summed E-state index contributed by atoms with van der Waals surface area (Å²) in [5.41, 5.74) is 2.52. The van der Waals surface area contributed by atoms with Crippen molar-refractivity contribution in [3.63, 3.8) is 0 Å². The van der Waals surface area contributed by atoms with Gasteiger partial charge in [-0.05, 0) is 66.4 Å². The van der Waals surface area contributed by atoms with Crippen LogP contribution in [0, 0.1) is 17.5 Å². The van der Waals surface area contributed by atoms with E-state index in [4.69, 9.17) is 0 Å². The first-order chi connectivity index (χ1) is 15.9. The zero-order chi connectivity index (χ0) is 22.9. The minimum absolute atomic E-state index is 0.0791. The van der Waals surface area contributed by atoms with Crippen molar-refractivity contribution in [3.05, 3.63) is 99.9 Å². The molecule has 1 aromatic heterocycles. The van der Waals surface area contributed by atoms with E-state index in [9.17, 15) is 18.0 Å². The lowest BCUT2D eigenvalue weighted by atomic mass is 9.96. The van der Waals surface area contributed by atoms with E-state index in [2.05, 4.69) is 14.9 Å². The second kappa shape index (κ2) is 8.83. The fourth-order valence-corrected chi connectivity index (χ4v) is 4.53. The average molecular weight is 449 g/mol. The normalized spacial score (nSPS) is 16.9. The smallest absolute Gasteiger partial charge is 0.258 e. The van der Waals surface area contributed by atoms with Gasteiger partial charge in [0.15, 0.2) is 0 Å². The Kier molecular flexibility index (Phi) is 5.72. The van der Waals surface area contributed by atoms with Crippen molar-refractivity contribution in [1.82, 2.24) is 14.9 Å². The third kappa shape index (κ3) is 4.68. The van der Waals surface area contributed by atoms with Crippen LogP contribution >= 0.6 is 0 Å². The summed E-state index contributed by atoms with van der Waals surface area (Å²) in [5.74, 6) is -0.944. The number of aromatic amines is 1. The number of likely N-dealkylation sites (tertiary alicyclic amines) is 1. The Labute approximate surface area is 188 Å². The molecule has 2 heterocycles. The highest BCUT2D eigenvalue weighted by Gasteiger charge is 2.24. The number of fused-ring (bicyclic) bond motifs is 1. The number of halogens is 3. The molecule has 4 nitrogen and oxygen atoms in total. The Bertz CT molecular complexity index is 1350. The van der Waals surface area contributed by atoms with Crippen LogP contribution in [0.3, 0.4) is 0 Å². The number of hydrogen-bond acceptors (Lipinski definition) is 3. The molecule has 1 aliphatic rings. The molecule has 0 bridgehead atoms. The molecule has 0 aliphatic carbocycles. The summed E-state index contributed by atoms with van der Waals surface area (Å²) in [6, 6.07) is 15.2. The topological polar surface area (TPSA) is 49.0 Å². The second-order valence-electron chi connectivity index (χ2n) is 8.54. The molecule has 4 aromatic rings. The summed E-state index contributed by atoms with van der Waals surface area (Å²) in [5, 5.41) is 0.254. The van der Waals surface area contributed by atoms with Gasteiger partial charge in [0.1, 0.15) is 23.3 Å². The summed E-state index contributed by atoms with van der Waals surface area (Å²) in [4.78, 5) is 22.2. The van der Waals surface area contributed by atoms with Gasteiger partial charge in [0.2, 0.25) is 0 Å². The Hall–Kier alpha value is -3.45. The van der Waals surface area contributed by atoms with Crippen LogP contribution in [0.15, 0.2) is 65.5 Å². The quantitative estimate of drug-likeness (QED) is 0.455. The van der Waals surface area contributed by atoms with E-state index in [1.165, 1.54) is 30.3 Å². The van der Waals surface area contributed by atoms with Gasteiger partial charge < -0.3 is 4.98 Å². The monoisotopic (exact) mass is 449 g/mol. The molecule has 0 saturated carbocycles. The average Bonchev–Trinajstić information content (AvgIpc) is 2.79. The van der Waals surface area contributed by atoms with Crippen LogP contribution in [-0.2, 0) is 6.54 Å². The SMILES string of the molecule is O=c1[nH]c(C2CCCN(Cc3ccc(-c4cc(F)cc(F)c4)cc3)C2)nc2ccc(F)cc12. The third-order valence-electron chi connectivity index (χ3n) is 6.13. The lowest BCUT2D eigenvalue weighted by Gasteiger charge is -2.32. The van der Waals surface area contributed by atoms with Gasteiger partial charge in [-0.3, -0.25) is 9.69 Å². The van der Waals surface area contributed by atoms with E-state index < -0.39 is 17.5 Å². The predicted octanol–water partition coefficient (Wildman–Crippen LogP) is 5.39. The maximum absolute atomic E-state index is 13.5. The fraction of sp³-hybridized carbons (Fsp3) is 0.231. The summed E-state index contributed by atoms with van der Waals surface area (Å²) in [6.45, 7) is 2.39. The molecule has 168 valence electrons. The zero-order valence-corrected chi connectivity index (χ0v) is 17.8. The number of aromatic nitrogens is 2. The lowest BCUT2D eigenvalue weighted by molar-refractivity contribution is 0.196. The first-order valence-electron chi connectivity index (χ1n) is 10.9. The first-order valence-corrected chi connectivity index (χ1v) is 10.9. The molecule has 7 heteroatoms. The first kappa shape index (κ1) is 21.4. The molecule has 33 heavy (non-hydrogen) atoms. The highest BCUT2D eigenvalue weighted by molar-refractivity contribution is 5.77. The summed E-state index contributed by atoms with van der Waals surface area (Å²) >= 11 is 0. The predicted molar refractivity (Wildman–Crippen MR) is 121 cm³/mol. The molecule has 1 unspecified atom stereocenters. The summed E-state index contributed by atoms with van der Waals surface area (Å²) in [6.07, 6.45) is 1.88. The van der Waals surface area contributed by atoms with Gasteiger partial charge in [-0.25, -0.2) is 18.2 Å². The van der Waals surface area contributed by atoms with E-state index in [1.807, 2.05) is 24.3 Å². The minimum atomic E-state index is -0.598. The van der Waals surface area contributed by atoms with Crippen LogP contribution < -0.4 is 5.56 Å². The molecule has 0 radical (unpaired) electrons. The van der Waals surface area contributed by atoms with Gasteiger partial charge in [-0.2, -0.15) is 0 Å². The maximum Gasteiger partial charge on any atom is 0.258 e. The Morgan fingerprint density at radius 3 is 2.42 bits per heavy atom. The van der Waals surface area contributed by atoms with Crippen molar-refractivity contribution >= 4 is 10.9 Å². The van der Waals surface area contributed by atoms with Gasteiger partial charge in [-0.1, -0.05) is 24.3 Å². The van der Waals surface area contributed by atoms with Crippen LogP contribution in [0.4, 0.5) is 13.2 Å². The molecular weight excluding hydrogens is 427 g/mol. The highest BCUT2D eigenvalue weighted by atomic mass is 19.1. The van der Waals surface area contributed by atoms with E-state index in [-0.39, 0.29) is 16.9 Å². The Balaban J connectivity index is 1.31. The van der Waals surface area contributed by atoms with Crippen molar-refractivity contribution in [1.29, 1.82) is 0 Å². The van der Waals surface area contributed by atoms with Crippen LogP contribution in [0.5, 0.6) is 0 Å². The molecule has 1 saturated heterocycles. The molecule has 1 aliphatic heterocycles. The van der Waals surface area contributed by atoms with Gasteiger partial charge in [0.25, 0.3) is 5.56 Å². The van der Waals surface area contributed by atoms with Crippen molar-refractivity contribution in [2.24, 2.45) is 0 Å². The maximum atomic E-state index is 13.5. The van der Waals surface area contributed by atoms with Crippen molar-refractivity contribution in [2.45, 2.75) is 25.3 Å². The lowest BCUT2D eigenvalue weighted by Crippen LogP contribution is -2.35. The van der Waals surface area contributed by atoms with Crippen molar-refractivity contribution in [2.75, 3.05) is 13.1 Å². The van der Waals surface area contributed by atoms with E-state index in [0.717, 1.165) is 49.7 Å². The van der Waals surface area contributed by atoms with Gasteiger partial charge in [-0.15, -0.1) is 0 Å². The number of benzene rings is 3. The van der Waals surface area contributed by atoms with Crippen molar-refractivity contribution in [3.8, 4) is 11.1 Å². The van der Waals surface area contributed by atoms with Gasteiger partial charge >= 0.3 is 0 Å². The van der Waals surface area contributed by atoms with Crippen LogP contribution in [0.1, 0.15) is 30.1 Å². The Morgan fingerprint density at radius 2 is 1.67 bits per heavy atom. The summed E-state index contributed by atoms with van der Waals surface area (Å²) in [7, 11) is 0. The molecule has 3 aromatic carbocycles. The number of piperidine rings is 1. The van der Waals surface area contributed by atoms with Gasteiger partial charge in [0.05, 0.1) is 10.9 Å². The molecule has 1 atom stereocenters. The molecule has 5 rings (SSSR count). The molecule has 1 N–H and O–H groups in total.